The van der Waals surface area contributed by atoms with Crippen LogP contribution in [-0.4, -0.2) is 23.1 Å². The quantitative estimate of drug-likeness (QED) is 0.837. The minimum absolute atomic E-state index is 0.00938. The van der Waals surface area contributed by atoms with Gasteiger partial charge in [0.05, 0.1) is 5.69 Å². The van der Waals surface area contributed by atoms with E-state index in [2.05, 4.69) is 51.3 Å². The van der Waals surface area contributed by atoms with Crippen LogP contribution in [0.4, 0.5) is 5.95 Å². The Balaban J connectivity index is 2.37. The highest BCUT2D eigenvalue weighted by molar-refractivity contribution is 14.1. The first-order valence-electron chi connectivity index (χ1n) is 6.14. The van der Waals surface area contributed by atoms with E-state index in [0.29, 0.717) is 0 Å². The molecule has 1 aromatic heterocycles. The molecule has 0 aliphatic carbocycles. The fraction of sp³-hybridized carbons (Fsp3) is 0.667. The largest absolute Gasteiger partial charge is 0.342 e. The monoisotopic (exact) mass is 347 g/mol. The lowest BCUT2D eigenvalue weighted by atomic mass is 10.1. The van der Waals surface area contributed by atoms with Gasteiger partial charge in [-0.25, -0.2) is 4.98 Å². The van der Waals surface area contributed by atoms with E-state index in [1.54, 1.807) is 0 Å². The number of halogens is 1. The van der Waals surface area contributed by atoms with Crippen molar-refractivity contribution in [2.75, 3.05) is 18.0 Å². The Morgan fingerprint density at radius 3 is 2.53 bits per heavy atom. The molecule has 1 aliphatic rings. The normalized spacial score (nSPS) is 16.6. The van der Waals surface area contributed by atoms with Crippen LogP contribution < -0.4 is 10.5 Å². The van der Waals surface area contributed by atoms with E-state index < -0.39 is 0 Å². The number of nitrogens with one attached hydrogen (secondary N) is 1. The maximum absolute atomic E-state index is 11.9. The first-order valence-corrected chi connectivity index (χ1v) is 7.22. The number of hydrogen-bond donors (Lipinski definition) is 1. The van der Waals surface area contributed by atoms with E-state index in [1.807, 2.05) is 0 Å². The van der Waals surface area contributed by atoms with Crippen LogP contribution in [0.15, 0.2) is 4.79 Å². The van der Waals surface area contributed by atoms with Crippen LogP contribution in [0.2, 0.25) is 0 Å². The molecule has 1 fully saturated rings. The van der Waals surface area contributed by atoms with Gasteiger partial charge in [0.25, 0.3) is 5.56 Å². The molecule has 0 aromatic carbocycles. The molecular weight excluding hydrogens is 329 g/mol. The molecule has 0 atom stereocenters. The molecule has 0 spiro atoms. The Bertz CT molecular complexity index is 450. The van der Waals surface area contributed by atoms with Gasteiger partial charge in [-0.15, -0.1) is 0 Å². The van der Waals surface area contributed by atoms with Crippen LogP contribution in [0.1, 0.15) is 44.7 Å². The number of aromatic amines is 1. The molecule has 0 saturated carbocycles. The van der Waals surface area contributed by atoms with Gasteiger partial charge in [0.2, 0.25) is 5.95 Å². The molecule has 4 nitrogen and oxygen atoms in total. The zero-order valence-corrected chi connectivity index (χ0v) is 12.5. The lowest BCUT2D eigenvalue weighted by molar-refractivity contribution is 0.565. The molecule has 1 aliphatic heterocycles. The van der Waals surface area contributed by atoms with Gasteiger partial charge in [-0.05, 0) is 47.8 Å². The first kappa shape index (κ1) is 12.9. The van der Waals surface area contributed by atoms with Gasteiger partial charge in [0, 0.05) is 13.1 Å². The van der Waals surface area contributed by atoms with Gasteiger partial charge in [-0.2, -0.15) is 0 Å². The molecule has 1 N–H and O–H groups in total. The van der Waals surface area contributed by atoms with E-state index in [-0.39, 0.29) is 11.5 Å². The summed E-state index contributed by atoms with van der Waals surface area (Å²) in [6.45, 7) is 6.15. The van der Waals surface area contributed by atoms with E-state index in [4.69, 9.17) is 0 Å². The second-order valence-electron chi connectivity index (χ2n) is 4.79. The predicted octanol–water partition coefficient (Wildman–Crippen LogP) is 2.49. The van der Waals surface area contributed by atoms with Crippen molar-refractivity contribution in [1.82, 2.24) is 9.97 Å². The molecule has 1 aromatic rings. The third-order valence-electron chi connectivity index (χ3n) is 3.08. The summed E-state index contributed by atoms with van der Waals surface area (Å²) in [5.41, 5.74) is 0.903. The number of anilines is 1. The highest BCUT2D eigenvalue weighted by atomic mass is 127. The van der Waals surface area contributed by atoms with E-state index in [0.717, 1.165) is 28.3 Å². The first-order chi connectivity index (χ1) is 8.09. The Hall–Kier alpha value is -0.590. The predicted molar refractivity (Wildman–Crippen MR) is 77.7 cm³/mol. The number of piperidine rings is 1. The second kappa shape index (κ2) is 5.37. The lowest BCUT2D eigenvalue weighted by Crippen LogP contribution is -2.33. The summed E-state index contributed by atoms with van der Waals surface area (Å²) in [7, 11) is 0. The fourth-order valence-electron chi connectivity index (χ4n) is 2.10. The zero-order chi connectivity index (χ0) is 12.4. The smallest absolute Gasteiger partial charge is 0.266 e. The highest BCUT2D eigenvalue weighted by Crippen LogP contribution is 2.20. The van der Waals surface area contributed by atoms with Crippen LogP contribution in [0.25, 0.3) is 0 Å². The summed E-state index contributed by atoms with van der Waals surface area (Å²) < 4.78 is 0.721. The van der Waals surface area contributed by atoms with Gasteiger partial charge in [-0.3, -0.25) is 9.78 Å². The minimum Gasteiger partial charge on any atom is -0.342 e. The Morgan fingerprint density at radius 1 is 1.29 bits per heavy atom. The number of aromatic nitrogens is 2. The van der Waals surface area contributed by atoms with Crippen LogP contribution in [0, 0.1) is 3.57 Å². The summed E-state index contributed by atoms with van der Waals surface area (Å²) in [6, 6.07) is 0. The molecule has 0 bridgehead atoms. The molecule has 0 unspecified atom stereocenters. The van der Waals surface area contributed by atoms with Crippen molar-refractivity contribution in [2.24, 2.45) is 0 Å². The molecule has 17 heavy (non-hydrogen) atoms. The number of H-pyrrole nitrogens is 1. The fourth-order valence-corrected chi connectivity index (χ4v) is 2.98. The maximum atomic E-state index is 11.9. The van der Waals surface area contributed by atoms with Crippen molar-refractivity contribution in [3.8, 4) is 0 Å². The summed E-state index contributed by atoms with van der Waals surface area (Å²) in [4.78, 5) is 21.6. The minimum atomic E-state index is -0.00938. The van der Waals surface area contributed by atoms with E-state index >= 15 is 0 Å². The van der Waals surface area contributed by atoms with Gasteiger partial charge >= 0.3 is 0 Å². The number of nitrogens with zero attached hydrogens (tertiary/aromatic N) is 2. The average Bonchev–Trinajstić information content (AvgIpc) is 2.33. The molecule has 1 saturated heterocycles. The van der Waals surface area contributed by atoms with Gasteiger partial charge in [0.1, 0.15) is 3.57 Å². The van der Waals surface area contributed by atoms with Crippen molar-refractivity contribution >= 4 is 28.5 Å². The molecule has 0 amide bonds. The van der Waals surface area contributed by atoms with Crippen molar-refractivity contribution in [3.63, 3.8) is 0 Å². The summed E-state index contributed by atoms with van der Waals surface area (Å²) >= 11 is 2.08. The molecule has 94 valence electrons. The third-order valence-corrected chi connectivity index (χ3v) is 4.12. The van der Waals surface area contributed by atoms with Crippen molar-refractivity contribution < 1.29 is 0 Å². The molecular formula is C12H18IN3O. The summed E-state index contributed by atoms with van der Waals surface area (Å²) in [5, 5.41) is 0. The third kappa shape index (κ3) is 2.81. The van der Waals surface area contributed by atoms with Crippen molar-refractivity contribution in [1.29, 1.82) is 0 Å². The second-order valence-corrected chi connectivity index (χ2v) is 5.87. The maximum Gasteiger partial charge on any atom is 0.266 e. The van der Waals surface area contributed by atoms with Gasteiger partial charge in [-0.1, -0.05) is 13.8 Å². The lowest BCUT2D eigenvalue weighted by Gasteiger charge is -2.27. The Kier molecular flexibility index (Phi) is 4.06. The summed E-state index contributed by atoms with van der Waals surface area (Å²) in [5.74, 6) is 1.03. The van der Waals surface area contributed by atoms with Gasteiger partial charge < -0.3 is 4.90 Å². The standard InChI is InChI=1S/C12H18IN3O/c1-8(2)10-9(13)11(17)15-12(14-10)16-6-4-3-5-7-16/h8H,3-7H2,1-2H3,(H,14,15,17). The Morgan fingerprint density at radius 2 is 1.94 bits per heavy atom. The molecule has 0 radical (unpaired) electrons. The zero-order valence-electron chi connectivity index (χ0n) is 10.3. The molecule has 2 rings (SSSR count). The topological polar surface area (TPSA) is 49.0 Å². The van der Waals surface area contributed by atoms with Gasteiger partial charge in [0.15, 0.2) is 0 Å². The van der Waals surface area contributed by atoms with Crippen LogP contribution >= 0.6 is 22.6 Å². The number of rotatable bonds is 2. The van der Waals surface area contributed by atoms with E-state index in [1.165, 1.54) is 19.3 Å². The van der Waals surface area contributed by atoms with Crippen LogP contribution in [0.5, 0.6) is 0 Å². The number of hydrogen-bond acceptors (Lipinski definition) is 3. The van der Waals surface area contributed by atoms with E-state index in [9.17, 15) is 4.79 Å². The van der Waals surface area contributed by atoms with Crippen molar-refractivity contribution in [2.45, 2.75) is 39.0 Å². The molecule has 2 heterocycles. The Labute approximate surface area is 115 Å². The molecule has 5 heteroatoms. The average molecular weight is 347 g/mol. The van der Waals surface area contributed by atoms with Crippen LogP contribution in [-0.2, 0) is 0 Å². The van der Waals surface area contributed by atoms with Crippen molar-refractivity contribution in [3.05, 3.63) is 19.6 Å². The SMILES string of the molecule is CC(C)c1nc(N2CCCCC2)[nH]c(=O)c1I. The summed E-state index contributed by atoms with van der Waals surface area (Å²) in [6.07, 6.45) is 3.65. The highest BCUT2D eigenvalue weighted by Gasteiger charge is 2.17. The van der Waals surface area contributed by atoms with Crippen LogP contribution in [0.3, 0.4) is 0 Å².